The van der Waals surface area contributed by atoms with Crippen molar-refractivity contribution in [3.05, 3.63) is 65.7 Å². The number of hydrogen-bond donors (Lipinski definition) is 2. The lowest BCUT2D eigenvalue weighted by molar-refractivity contribution is -0.143. The van der Waals surface area contributed by atoms with Gasteiger partial charge in [-0.1, -0.05) is 44.2 Å². The molecule has 7 heteroatoms. The van der Waals surface area contributed by atoms with Crippen molar-refractivity contribution in [3.8, 4) is 5.75 Å². The maximum Gasteiger partial charge on any atom is 0.305 e. The van der Waals surface area contributed by atoms with Gasteiger partial charge in [-0.05, 0) is 55.0 Å². The number of hydrogen-bond acceptors (Lipinski definition) is 5. The molecule has 0 aliphatic rings. The lowest BCUT2D eigenvalue weighted by Crippen LogP contribution is -2.41. The van der Waals surface area contributed by atoms with Crippen LogP contribution in [0.4, 0.5) is 0 Å². The van der Waals surface area contributed by atoms with Crippen LogP contribution >= 0.6 is 0 Å². The fourth-order valence-corrected chi connectivity index (χ4v) is 2.80. The van der Waals surface area contributed by atoms with Crippen LogP contribution in [0.15, 0.2) is 54.6 Å². The van der Waals surface area contributed by atoms with E-state index in [1.54, 1.807) is 24.3 Å². The number of ether oxygens (including phenoxy) is 2. The number of hydrazine groups is 1. The largest absolute Gasteiger partial charge is 0.493 e. The summed E-state index contributed by atoms with van der Waals surface area (Å²) >= 11 is 0. The molecular weight excluding hydrogens is 408 g/mol. The number of carbonyl (C=O) groups is 3. The SMILES string of the molecule is CC(C)COc1ccc(C(=O)NNC(=O)CCCC(=O)OCCCc2ccccc2)cc1. The minimum Gasteiger partial charge on any atom is -0.493 e. The number of esters is 1. The van der Waals surface area contributed by atoms with Crippen LogP contribution in [-0.2, 0) is 20.7 Å². The van der Waals surface area contributed by atoms with E-state index < -0.39 is 5.91 Å². The zero-order chi connectivity index (χ0) is 23.2. The Bertz CT molecular complexity index is 850. The average Bonchev–Trinajstić information content (AvgIpc) is 2.80. The summed E-state index contributed by atoms with van der Waals surface area (Å²) < 4.78 is 10.8. The highest BCUT2D eigenvalue weighted by molar-refractivity contribution is 5.95. The van der Waals surface area contributed by atoms with Crippen LogP contribution in [-0.4, -0.2) is 31.0 Å². The number of carbonyl (C=O) groups excluding carboxylic acids is 3. The zero-order valence-corrected chi connectivity index (χ0v) is 18.8. The maximum absolute atomic E-state index is 12.1. The number of amides is 2. The number of nitrogens with one attached hydrogen (secondary N) is 2. The molecule has 2 N–H and O–H groups in total. The van der Waals surface area contributed by atoms with Gasteiger partial charge >= 0.3 is 5.97 Å². The van der Waals surface area contributed by atoms with Crippen LogP contribution in [0.2, 0.25) is 0 Å². The Morgan fingerprint density at radius 1 is 0.875 bits per heavy atom. The van der Waals surface area contributed by atoms with E-state index in [-0.39, 0.29) is 24.7 Å². The average molecular weight is 441 g/mol. The van der Waals surface area contributed by atoms with Crippen molar-refractivity contribution >= 4 is 17.8 Å². The first-order chi connectivity index (χ1) is 15.4. The van der Waals surface area contributed by atoms with E-state index in [0.717, 1.165) is 12.8 Å². The minimum atomic E-state index is -0.424. The monoisotopic (exact) mass is 440 g/mol. The maximum atomic E-state index is 12.1. The third kappa shape index (κ3) is 10.1. The van der Waals surface area contributed by atoms with E-state index in [0.29, 0.717) is 36.9 Å². The first kappa shape index (κ1) is 24.9. The fourth-order valence-electron chi connectivity index (χ4n) is 2.80. The summed E-state index contributed by atoms with van der Waals surface area (Å²) in [5, 5.41) is 0. The van der Waals surface area contributed by atoms with Gasteiger partial charge in [0, 0.05) is 18.4 Å². The van der Waals surface area contributed by atoms with Crippen molar-refractivity contribution in [2.45, 2.75) is 46.0 Å². The molecule has 0 aromatic heterocycles. The quantitative estimate of drug-likeness (QED) is 0.297. The Morgan fingerprint density at radius 2 is 1.59 bits per heavy atom. The van der Waals surface area contributed by atoms with Gasteiger partial charge in [-0.3, -0.25) is 25.2 Å². The molecule has 0 atom stereocenters. The summed E-state index contributed by atoms with van der Waals surface area (Å²) in [5.41, 5.74) is 6.34. The second-order valence-electron chi connectivity index (χ2n) is 7.89. The molecule has 0 heterocycles. The smallest absolute Gasteiger partial charge is 0.305 e. The molecule has 0 fully saturated rings. The predicted octanol–water partition coefficient (Wildman–Crippen LogP) is 3.83. The van der Waals surface area contributed by atoms with Gasteiger partial charge in [0.2, 0.25) is 5.91 Å². The van der Waals surface area contributed by atoms with Crippen LogP contribution in [0.25, 0.3) is 0 Å². The second kappa shape index (κ2) is 13.9. The van der Waals surface area contributed by atoms with Gasteiger partial charge in [0.15, 0.2) is 0 Å². The van der Waals surface area contributed by atoms with Crippen molar-refractivity contribution in [1.29, 1.82) is 0 Å². The van der Waals surface area contributed by atoms with E-state index in [2.05, 4.69) is 24.7 Å². The second-order valence-corrected chi connectivity index (χ2v) is 7.89. The van der Waals surface area contributed by atoms with Gasteiger partial charge in [0.25, 0.3) is 5.91 Å². The van der Waals surface area contributed by atoms with E-state index in [1.165, 1.54) is 5.56 Å². The van der Waals surface area contributed by atoms with Crippen molar-refractivity contribution in [1.82, 2.24) is 10.9 Å². The third-order valence-electron chi connectivity index (χ3n) is 4.52. The molecule has 2 rings (SSSR count). The highest BCUT2D eigenvalue weighted by Gasteiger charge is 2.09. The normalized spacial score (nSPS) is 10.5. The summed E-state index contributed by atoms with van der Waals surface area (Å²) in [6.45, 7) is 5.07. The molecule has 0 radical (unpaired) electrons. The lowest BCUT2D eigenvalue weighted by atomic mass is 10.1. The summed E-state index contributed by atoms with van der Waals surface area (Å²) in [5.74, 6) is -0.0192. The Kier molecular flexibility index (Phi) is 10.8. The molecule has 2 aromatic rings. The molecule has 0 unspecified atom stereocenters. The van der Waals surface area contributed by atoms with E-state index >= 15 is 0 Å². The Hall–Kier alpha value is -3.35. The van der Waals surface area contributed by atoms with E-state index in [9.17, 15) is 14.4 Å². The highest BCUT2D eigenvalue weighted by Crippen LogP contribution is 2.13. The van der Waals surface area contributed by atoms with E-state index in [1.807, 2.05) is 30.3 Å². The van der Waals surface area contributed by atoms with Gasteiger partial charge in [-0.15, -0.1) is 0 Å². The highest BCUT2D eigenvalue weighted by atomic mass is 16.5. The standard InChI is InChI=1S/C25H32N2O5/c1-19(2)18-32-22-15-13-21(14-16-22)25(30)27-26-23(28)11-6-12-24(29)31-17-7-10-20-8-4-3-5-9-20/h3-5,8-9,13-16,19H,6-7,10-12,17-18H2,1-2H3,(H,26,28)(H,27,30). The molecule has 0 saturated carbocycles. The molecular formula is C25H32N2O5. The first-order valence-corrected chi connectivity index (χ1v) is 11.0. The van der Waals surface area contributed by atoms with Crippen LogP contribution in [0, 0.1) is 5.92 Å². The van der Waals surface area contributed by atoms with Gasteiger partial charge in [0.1, 0.15) is 5.75 Å². The number of benzene rings is 2. The van der Waals surface area contributed by atoms with Crippen LogP contribution in [0.5, 0.6) is 5.75 Å². The van der Waals surface area contributed by atoms with E-state index in [4.69, 9.17) is 9.47 Å². The molecule has 2 aromatic carbocycles. The number of aryl methyl sites for hydroxylation is 1. The van der Waals surface area contributed by atoms with Crippen molar-refractivity contribution in [2.24, 2.45) is 5.92 Å². The van der Waals surface area contributed by atoms with Crippen LogP contribution in [0.3, 0.4) is 0 Å². The van der Waals surface area contributed by atoms with Gasteiger partial charge < -0.3 is 9.47 Å². The predicted molar refractivity (Wildman–Crippen MR) is 122 cm³/mol. The van der Waals surface area contributed by atoms with Crippen LogP contribution < -0.4 is 15.6 Å². The van der Waals surface area contributed by atoms with Crippen molar-refractivity contribution in [3.63, 3.8) is 0 Å². The molecule has 7 nitrogen and oxygen atoms in total. The van der Waals surface area contributed by atoms with Gasteiger partial charge in [-0.25, -0.2) is 0 Å². The van der Waals surface area contributed by atoms with Crippen molar-refractivity contribution in [2.75, 3.05) is 13.2 Å². The van der Waals surface area contributed by atoms with Gasteiger partial charge in [-0.2, -0.15) is 0 Å². The molecule has 0 spiro atoms. The third-order valence-corrected chi connectivity index (χ3v) is 4.52. The summed E-state index contributed by atoms with van der Waals surface area (Å²) in [4.78, 5) is 35.8. The molecule has 2 amide bonds. The molecule has 32 heavy (non-hydrogen) atoms. The molecule has 0 saturated heterocycles. The van der Waals surface area contributed by atoms with Crippen LogP contribution in [0.1, 0.15) is 55.5 Å². The lowest BCUT2D eigenvalue weighted by Gasteiger charge is -2.10. The van der Waals surface area contributed by atoms with Crippen molar-refractivity contribution < 1.29 is 23.9 Å². The van der Waals surface area contributed by atoms with Gasteiger partial charge in [0.05, 0.1) is 13.2 Å². The Balaban J connectivity index is 1.55. The summed E-state index contributed by atoms with van der Waals surface area (Å²) in [6.07, 6.45) is 2.23. The molecule has 172 valence electrons. The molecule has 0 aliphatic carbocycles. The Labute approximate surface area is 189 Å². The minimum absolute atomic E-state index is 0.112. The number of rotatable bonds is 12. The fraction of sp³-hybridized carbons (Fsp3) is 0.400. The Morgan fingerprint density at radius 3 is 2.28 bits per heavy atom. The zero-order valence-electron chi connectivity index (χ0n) is 18.8. The summed E-state index contributed by atoms with van der Waals surface area (Å²) in [6, 6.07) is 16.7. The summed E-state index contributed by atoms with van der Waals surface area (Å²) in [7, 11) is 0. The first-order valence-electron chi connectivity index (χ1n) is 11.0. The molecule has 0 bridgehead atoms. The topological polar surface area (TPSA) is 93.7 Å². The molecule has 0 aliphatic heterocycles.